The van der Waals surface area contributed by atoms with Crippen LogP contribution in [0.15, 0.2) is 29.0 Å². The predicted octanol–water partition coefficient (Wildman–Crippen LogP) is 2.59. The summed E-state index contributed by atoms with van der Waals surface area (Å²) in [4.78, 5) is 8.82. The molecule has 1 unspecified atom stereocenters. The van der Waals surface area contributed by atoms with Crippen LogP contribution in [-0.2, 0) is 13.0 Å². The molecule has 1 aliphatic rings. The second kappa shape index (κ2) is 5.13. The molecule has 0 spiro atoms. The number of hydrogen-bond acceptors (Lipinski definition) is 6. The van der Waals surface area contributed by atoms with E-state index in [1.807, 2.05) is 22.9 Å². The van der Waals surface area contributed by atoms with Gasteiger partial charge in [0, 0.05) is 29.3 Å². The van der Waals surface area contributed by atoms with Crippen molar-refractivity contribution in [2.75, 3.05) is 0 Å². The fourth-order valence-electron chi connectivity index (χ4n) is 3.10. The number of rotatable bonds is 2. The van der Waals surface area contributed by atoms with Crippen molar-refractivity contribution in [1.29, 1.82) is 0 Å². The predicted molar refractivity (Wildman–Crippen MR) is 85.5 cm³/mol. The maximum atomic E-state index is 6.08. The number of aryl methyl sites for hydroxylation is 1. The molecule has 5 rings (SSSR count). The average molecular weight is 342 g/mol. The first-order valence-corrected chi connectivity index (χ1v) is 8.00. The third-order valence-electron chi connectivity index (χ3n) is 4.34. The van der Waals surface area contributed by atoms with Crippen molar-refractivity contribution >= 4 is 22.5 Å². The van der Waals surface area contributed by atoms with Crippen LogP contribution in [0.1, 0.15) is 24.1 Å². The number of nitrogens with one attached hydrogen (secondary N) is 1. The topological polar surface area (TPSA) is 98.3 Å². The fraction of sp³-hybridized carbons (Fsp3) is 0.267. The van der Waals surface area contributed by atoms with E-state index in [-0.39, 0.29) is 5.92 Å². The zero-order valence-corrected chi connectivity index (χ0v) is 13.2. The minimum Gasteiger partial charge on any atom is -0.339 e. The monoisotopic (exact) mass is 341 g/mol. The van der Waals surface area contributed by atoms with Crippen molar-refractivity contribution < 1.29 is 4.52 Å². The lowest BCUT2D eigenvalue weighted by Crippen LogP contribution is -2.19. The van der Waals surface area contributed by atoms with Crippen molar-refractivity contribution in [1.82, 2.24) is 35.1 Å². The molecular formula is C15H12ClN7O. The van der Waals surface area contributed by atoms with Crippen LogP contribution in [0, 0.1) is 0 Å². The van der Waals surface area contributed by atoms with Gasteiger partial charge in [0.2, 0.25) is 11.7 Å². The van der Waals surface area contributed by atoms with Gasteiger partial charge in [-0.15, -0.1) is 0 Å². The van der Waals surface area contributed by atoms with Crippen LogP contribution < -0.4 is 0 Å². The summed E-state index contributed by atoms with van der Waals surface area (Å²) in [6.07, 6.45) is 3.22. The highest BCUT2D eigenvalue weighted by Gasteiger charge is 2.27. The third-order valence-corrected chi connectivity index (χ3v) is 4.58. The molecule has 1 aliphatic heterocycles. The molecule has 0 amide bonds. The van der Waals surface area contributed by atoms with Gasteiger partial charge in [0.05, 0.1) is 5.52 Å². The van der Waals surface area contributed by atoms with E-state index in [9.17, 15) is 0 Å². The smallest absolute Gasteiger partial charge is 0.230 e. The van der Waals surface area contributed by atoms with E-state index >= 15 is 0 Å². The number of aromatic amines is 1. The van der Waals surface area contributed by atoms with Crippen molar-refractivity contribution in [2.45, 2.75) is 25.3 Å². The average Bonchev–Trinajstić information content (AvgIpc) is 3.32. The van der Waals surface area contributed by atoms with Crippen LogP contribution in [0.4, 0.5) is 0 Å². The summed E-state index contributed by atoms with van der Waals surface area (Å²) < 4.78 is 7.41. The highest BCUT2D eigenvalue weighted by Crippen LogP contribution is 2.30. The molecule has 3 aromatic heterocycles. The van der Waals surface area contributed by atoms with Gasteiger partial charge in [0.25, 0.3) is 0 Å². The molecule has 0 bridgehead atoms. The highest BCUT2D eigenvalue weighted by atomic mass is 35.5. The first kappa shape index (κ1) is 13.7. The Labute approximate surface area is 140 Å². The van der Waals surface area contributed by atoms with E-state index in [1.165, 1.54) is 0 Å². The zero-order chi connectivity index (χ0) is 16.1. The second-order valence-corrected chi connectivity index (χ2v) is 6.24. The Hall–Kier alpha value is -2.74. The molecule has 0 saturated carbocycles. The Balaban J connectivity index is 1.50. The Morgan fingerprint density at radius 1 is 1.33 bits per heavy atom. The van der Waals surface area contributed by atoms with E-state index in [0.717, 1.165) is 36.1 Å². The minimum absolute atomic E-state index is 0.150. The van der Waals surface area contributed by atoms with Gasteiger partial charge >= 0.3 is 0 Å². The SMILES string of the molecule is Clc1ccc2[nH]nc(-c3noc(C4CCn5ncnc5C4)n3)c2c1. The van der Waals surface area contributed by atoms with Gasteiger partial charge in [-0.1, -0.05) is 16.8 Å². The van der Waals surface area contributed by atoms with Crippen LogP contribution >= 0.6 is 11.6 Å². The molecule has 120 valence electrons. The molecule has 4 aromatic rings. The second-order valence-electron chi connectivity index (χ2n) is 5.81. The summed E-state index contributed by atoms with van der Waals surface area (Å²) in [6, 6.07) is 5.53. The number of fused-ring (bicyclic) bond motifs is 2. The Bertz CT molecular complexity index is 1030. The maximum absolute atomic E-state index is 6.08. The first-order chi connectivity index (χ1) is 11.8. The third kappa shape index (κ3) is 2.10. The largest absolute Gasteiger partial charge is 0.339 e. The van der Waals surface area contributed by atoms with Gasteiger partial charge in [-0.2, -0.15) is 15.2 Å². The van der Waals surface area contributed by atoms with Crippen LogP contribution in [0.5, 0.6) is 0 Å². The van der Waals surface area contributed by atoms with Crippen LogP contribution in [0.25, 0.3) is 22.4 Å². The number of hydrogen-bond donors (Lipinski definition) is 1. The molecule has 1 N–H and O–H groups in total. The van der Waals surface area contributed by atoms with Crippen molar-refractivity contribution in [3.8, 4) is 11.5 Å². The standard InChI is InChI=1S/C15H12ClN7O/c16-9-1-2-11-10(6-9)13(21-20-11)14-19-15(24-22-14)8-3-4-23-12(5-8)17-7-18-23/h1-2,6-8H,3-5H2,(H,20,21). The summed E-state index contributed by atoms with van der Waals surface area (Å²) in [5.74, 6) is 2.17. The molecule has 0 saturated heterocycles. The summed E-state index contributed by atoms with van der Waals surface area (Å²) in [7, 11) is 0. The van der Waals surface area contributed by atoms with Gasteiger partial charge in [0.15, 0.2) is 0 Å². The number of halogens is 1. The van der Waals surface area contributed by atoms with Crippen LogP contribution in [0.2, 0.25) is 5.02 Å². The normalized spacial score (nSPS) is 17.3. The molecule has 24 heavy (non-hydrogen) atoms. The van der Waals surface area contributed by atoms with E-state index < -0.39 is 0 Å². The van der Waals surface area contributed by atoms with Gasteiger partial charge in [0.1, 0.15) is 17.8 Å². The zero-order valence-electron chi connectivity index (χ0n) is 12.5. The molecular weight excluding hydrogens is 330 g/mol. The summed E-state index contributed by atoms with van der Waals surface area (Å²) in [5, 5.41) is 17.1. The lowest BCUT2D eigenvalue weighted by Gasteiger charge is -2.18. The van der Waals surface area contributed by atoms with Gasteiger partial charge in [-0.05, 0) is 24.6 Å². The Morgan fingerprint density at radius 3 is 3.25 bits per heavy atom. The lowest BCUT2D eigenvalue weighted by molar-refractivity contribution is 0.317. The molecule has 1 aromatic carbocycles. The summed E-state index contributed by atoms with van der Waals surface area (Å²) >= 11 is 6.08. The molecule has 9 heteroatoms. The summed E-state index contributed by atoms with van der Waals surface area (Å²) in [6.45, 7) is 0.804. The van der Waals surface area contributed by atoms with Crippen molar-refractivity contribution in [3.05, 3.63) is 41.3 Å². The molecule has 4 heterocycles. The Kier molecular flexibility index (Phi) is 2.93. The Morgan fingerprint density at radius 2 is 2.29 bits per heavy atom. The van der Waals surface area contributed by atoms with E-state index in [2.05, 4.69) is 30.4 Å². The molecule has 0 radical (unpaired) electrons. The number of aromatic nitrogens is 7. The van der Waals surface area contributed by atoms with E-state index in [4.69, 9.17) is 16.1 Å². The number of nitrogens with zero attached hydrogens (tertiary/aromatic N) is 6. The molecule has 0 aliphatic carbocycles. The maximum Gasteiger partial charge on any atom is 0.230 e. The number of benzene rings is 1. The lowest BCUT2D eigenvalue weighted by atomic mass is 9.98. The minimum atomic E-state index is 0.150. The van der Waals surface area contributed by atoms with Crippen LogP contribution in [0.3, 0.4) is 0 Å². The van der Waals surface area contributed by atoms with Crippen molar-refractivity contribution in [3.63, 3.8) is 0 Å². The summed E-state index contributed by atoms with van der Waals surface area (Å²) in [5.41, 5.74) is 1.52. The van der Waals surface area contributed by atoms with Crippen molar-refractivity contribution in [2.24, 2.45) is 0 Å². The quantitative estimate of drug-likeness (QED) is 0.601. The molecule has 8 nitrogen and oxygen atoms in total. The number of H-pyrrole nitrogens is 1. The van der Waals surface area contributed by atoms with Gasteiger partial charge in [-0.3, -0.25) is 9.78 Å². The van der Waals surface area contributed by atoms with Gasteiger partial charge < -0.3 is 4.52 Å². The first-order valence-electron chi connectivity index (χ1n) is 7.62. The fourth-order valence-corrected chi connectivity index (χ4v) is 3.27. The van der Waals surface area contributed by atoms with E-state index in [0.29, 0.717) is 22.4 Å². The van der Waals surface area contributed by atoms with Crippen LogP contribution in [-0.4, -0.2) is 35.1 Å². The molecule has 0 fully saturated rings. The van der Waals surface area contributed by atoms with E-state index in [1.54, 1.807) is 6.33 Å². The highest BCUT2D eigenvalue weighted by molar-refractivity contribution is 6.31. The van der Waals surface area contributed by atoms with Gasteiger partial charge in [-0.25, -0.2) is 4.98 Å². The molecule has 1 atom stereocenters.